The van der Waals surface area contributed by atoms with Gasteiger partial charge in [-0.25, -0.2) is 0 Å². The van der Waals surface area contributed by atoms with Crippen molar-refractivity contribution in [3.05, 3.63) is 22.9 Å². The van der Waals surface area contributed by atoms with Crippen LogP contribution in [0.15, 0.2) is 28.0 Å². The molecule has 2 heteroatoms. The molecule has 0 atom stereocenters. The largest absolute Gasteiger partial charge is 0.263 e. The third kappa shape index (κ3) is 2.20. The molecular formula is C11H18N2. The van der Waals surface area contributed by atoms with Gasteiger partial charge in [0.05, 0.1) is 11.9 Å². The molecule has 0 aromatic heterocycles. The summed E-state index contributed by atoms with van der Waals surface area (Å²) in [6, 6.07) is 0.422. The van der Waals surface area contributed by atoms with Crippen LogP contribution >= 0.6 is 0 Å². The zero-order chi connectivity index (χ0) is 10.0. The second-order valence-electron chi connectivity index (χ2n) is 3.96. The lowest BCUT2D eigenvalue weighted by Crippen LogP contribution is -2.27. The van der Waals surface area contributed by atoms with Gasteiger partial charge in [-0.1, -0.05) is 5.57 Å². The second kappa shape index (κ2) is 3.77. The molecule has 0 saturated carbocycles. The third-order valence-corrected chi connectivity index (χ3v) is 2.00. The number of nitrogens with zero attached hydrogens (tertiary/aromatic N) is 2. The van der Waals surface area contributed by atoms with E-state index in [1.807, 2.05) is 6.21 Å². The summed E-state index contributed by atoms with van der Waals surface area (Å²) in [5, 5.41) is 6.45. The van der Waals surface area contributed by atoms with Crippen LogP contribution in [-0.2, 0) is 0 Å². The normalized spacial score (nSPS) is 16.6. The van der Waals surface area contributed by atoms with Gasteiger partial charge in [0, 0.05) is 6.04 Å². The molecule has 0 radical (unpaired) electrons. The van der Waals surface area contributed by atoms with E-state index in [1.54, 1.807) is 0 Å². The van der Waals surface area contributed by atoms with Crippen LogP contribution in [0.4, 0.5) is 0 Å². The lowest BCUT2D eigenvalue weighted by Gasteiger charge is -2.28. The van der Waals surface area contributed by atoms with Gasteiger partial charge in [0.1, 0.15) is 0 Å². The summed E-state index contributed by atoms with van der Waals surface area (Å²) in [6.07, 6.45) is 4.09. The van der Waals surface area contributed by atoms with E-state index in [9.17, 15) is 0 Å². The van der Waals surface area contributed by atoms with Crippen LogP contribution in [0.3, 0.4) is 0 Å². The van der Waals surface area contributed by atoms with Gasteiger partial charge in [-0.2, -0.15) is 5.10 Å². The quantitative estimate of drug-likeness (QED) is 0.602. The number of rotatable bonds is 1. The Morgan fingerprint density at radius 2 is 2.00 bits per heavy atom. The highest BCUT2D eigenvalue weighted by molar-refractivity contribution is 5.79. The summed E-state index contributed by atoms with van der Waals surface area (Å²) in [7, 11) is 0. The van der Waals surface area contributed by atoms with Crippen molar-refractivity contribution in [1.29, 1.82) is 0 Å². The number of hydrogen-bond donors (Lipinski definition) is 0. The third-order valence-electron chi connectivity index (χ3n) is 2.00. The molecule has 0 bridgehead atoms. The Morgan fingerprint density at radius 3 is 2.46 bits per heavy atom. The minimum Gasteiger partial charge on any atom is -0.263 e. The van der Waals surface area contributed by atoms with Gasteiger partial charge >= 0.3 is 0 Å². The van der Waals surface area contributed by atoms with E-state index in [4.69, 9.17) is 0 Å². The van der Waals surface area contributed by atoms with Gasteiger partial charge in [-0.15, -0.1) is 0 Å². The number of hydrogen-bond acceptors (Lipinski definition) is 2. The highest BCUT2D eigenvalue weighted by Gasteiger charge is 2.14. The Balaban J connectivity index is 3.03. The average Bonchev–Trinajstić information content (AvgIpc) is 2.03. The van der Waals surface area contributed by atoms with Crippen molar-refractivity contribution in [2.45, 2.75) is 40.7 Å². The molecule has 1 aliphatic rings. The van der Waals surface area contributed by atoms with Crippen molar-refractivity contribution in [1.82, 2.24) is 5.01 Å². The Bertz CT molecular complexity index is 278. The molecule has 0 saturated heterocycles. The Kier molecular flexibility index (Phi) is 2.91. The molecule has 0 aromatic rings. The van der Waals surface area contributed by atoms with Gasteiger partial charge in [0.25, 0.3) is 0 Å². The lowest BCUT2D eigenvalue weighted by atomic mass is 10.1. The smallest absolute Gasteiger partial charge is 0.0586 e. The molecule has 0 amide bonds. The fraction of sp³-hybridized carbons (Fsp3) is 0.545. The van der Waals surface area contributed by atoms with Crippen LogP contribution in [0, 0.1) is 0 Å². The molecule has 1 aliphatic heterocycles. The van der Waals surface area contributed by atoms with Gasteiger partial charge in [-0.05, 0) is 46.3 Å². The molecular weight excluding hydrogens is 160 g/mol. The van der Waals surface area contributed by atoms with E-state index >= 15 is 0 Å². The molecule has 0 aliphatic carbocycles. The molecule has 1 rings (SSSR count). The summed E-state index contributed by atoms with van der Waals surface area (Å²) in [4.78, 5) is 0. The first kappa shape index (κ1) is 10.0. The lowest BCUT2D eigenvalue weighted by molar-refractivity contribution is 0.304. The van der Waals surface area contributed by atoms with E-state index in [0.29, 0.717) is 6.04 Å². The van der Waals surface area contributed by atoms with E-state index in [-0.39, 0.29) is 0 Å². The number of allylic oxidation sites excluding steroid dienone is 3. The Morgan fingerprint density at radius 1 is 1.38 bits per heavy atom. The van der Waals surface area contributed by atoms with Crippen LogP contribution in [0.2, 0.25) is 0 Å². The zero-order valence-corrected chi connectivity index (χ0v) is 9.13. The Labute approximate surface area is 80.6 Å². The molecule has 0 spiro atoms. The molecule has 0 aromatic carbocycles. The first-order valence-electron chi connectivity index (χ1n) is 4.71. The van der Waals surface area contributed by atoms with Crippen LogP contribution < -0.4 is 0 Å². The SMILES string of the molecule is CC1=CC(=C(C)C)N(C(C)C)N=C1. The first-order valence-corrected chi connectivity index (χ1v) is 4.71. The van der Waals surface area contributed by atoms with Crippen molar-refractivity contribution in [2.24, 2.45) is 5.10 Å². The van der Waals surface area contributed by atoms with Gasteiger partial charge < -0.3 is 0 Å². The minimum atomic E-state index is 0.422. The van der Waals surface area contributed by atoms with Crippen LogP contribution in [-0.4, -0.2) is 17.3 Å². The highest BCUT2D eigenvalue weighted by Crippen LogP contribution is 2.20. The van der Waals surface area contributed by atoms with Gasteiger partial charge in [0.2, 0.25) is 0 Å². The Hall–Kier alpha value is -1.05. The minimum absolute atomic E-state index is 0.422. The van der Waals surface area contributed by atoms with Crippen LogP contribution in [0.5, 0.6) is 0 Å². The monoisotopic (exact) mass is 178 g/mol. The summed E-state index contributed by atoms with van der Waals surface area (Å²) in [5.41, 5.74) is 3.76. The van der Waals surface area contributed by atoms with Crippen molar-refractivity contribution in [2.75, 3.05) is 0 Å². The van der Waals surface area contributed by atoms with Crippen LogP contribution in [0.1, 0.15) is 34.6 Å². The standard InChI is InChI=1S/C11H18N2/c1-8(2)11-6-10(5)7-12-13(11)9(3)4/h6-7,9H,1-5H3. The van der Waals surface area contributed by atoms with Gasteiger partial charge in [-0.3, -0.25) is 5.01 Å². The fourth-order valence-electron chi connectivity index (χ4n) is 1.32. The maximum atomic E-state index is 4.39. The summed E-state index contributed by atoms with van der Waals surface area (Å²) < 4.78 is 0. The molecule has 0 fully saturated rings. The number of hydrazone groups is 1. The maximum absolute atomic E-state index is 4.39. The summed E-state index contributed by atoms with van der Waals surface area (Å²) >= 11 is 0. The van der Waals surface area contributed by atoms with Crippen molar-refractivity contribution in [3.63, 3.8) is 0 Å². The summed E-state index contributed by atoms with van der Waals surface area (Å²) in [6.45, 7) is 10.6. The maximum Gasteiger partial charge on any atom is 0.0586 e. The molecule has 13 heavy (non-hydrogen) atoms. The highest BCUT2D eigenvalue weighted by atomic mass is 15.5. The second-order valence-corrected chi connectivity index (χ2v) is 3.96. The van der Waals surface area contributed by atoms with Crippen molar-refractivity contribution >= 4 is 6.21 Å². The van der Waals surface area contributed by atoms with Gasteiger partial charge in [0.15, 0.2) is 0 Å². The summed E-state index contributed by atoms with van der Waals surface area (Å²) in [5.74, 6) is 0. The molecule has 0 N–H and O–H groups in total. The zero-order valence-electron chi connectivity index (χ0n) is 9.13. The fourth-order valence-corrected chi connectivity index (χ4v) is 1.32. The van der Waals surface area contributed by atoms with Crippen molar-refractivity contribution < 1.29 is 0 Å². The van der Waals surface area contributed by atoms with E-state index in [1.165, 1.54) is 16.8 Å². The van der Waals surface area contributed by atoms with E-state index in [0.717, 1.165) is 0 Å². The molecule has 72 valence electrons. The first-order chi connectivity index (χ1) is 6.02. The topological polar surface area (TPSA) is 15.6 Å². The predicted molar refractivity (Wildman–Crippen MR) is 57.6 cm³/mol. The van der Waals surface area contributed by atoms with E-state index < -0.39 is 0 Å². The van der Waals surface area contributed by atoms with Crippen molar-refractivity contribution in [3.8, 4) is 0 Å². The molecule has 0 unspecified atom stereocenters. The predicted octanol–water partition coefficient (Wildman–Crippen LogP) is 2.94. The molecule has 2 nitrogen and oxygen atoms in total. The van der Waals surface area contributed by atoms with Crippen LogP contribution in [0.25, 0.3) is 0 Å². The molecule has 1 heterocycles. The average molecular weight is 178 g/mol. The van der Waals surface area contributed by atoms with E-state index in [2.05, 4.69) is 50.8 Å².